The lowest BCUT2D eigenvalue weighted by Gasteiger charge is -2.15. The van der Waals surface area contributed by atoms with Gasteiger partial charge in [0.05, 0.1) is 6.61 Å². The van der Waals surface area contributed by atoms with Gasteiger partial charge >= 0.3 is 11.9 Å². The first kappa shape index (κ1) is 42.1. The first-order valence-corrected chi connectivity index (χ1v) is 18.5. The summed E-state index contributed by atoms with van der Waals surface area (Å²) in [5.41, 5.74) is 0. The summed E-state index contributed by atoms with van der Waals surface area (Å²) >= 11 is 0. The minimum Gasteiger partial charge on any atom is -0.462 e. The maximum absolute atomic E-state index is 12.1. The van der Waals surface area contributed by atoms with Crippen LogP contribution in [0.15, 0.2) is 36.5 Å². The van der Waals surface area contributed by atoms with Gasteiger partial charge < -0.3 is 14.6 Å². The molecule has 44 heavy (non-hydrogen) atoms. The van der Waals surface area contributed by atoms with Gasteiger partial charge in [-0.05, 0) is 70.6 Å². The lowest BCUT2D eigenvalue weighted by Crippen LogP contribution is -2.28. The van der Waals surface area contributed by atoms with Gasteiger partial charge in [-0.2, -0.15) is 0 Å². The van der Waals surface area contributed by atoms with Crippen LogP contribution >= 0.6 is 0 Å². The fourth-order valence-electron chi connectivity index (χ4n) is 5.05. The second-order valence-corrected chi connectivity index (χ2v) is 12.3. The molecule has 5 nitrogen and oxygen atoms in total. The Kier molecular flexibility index (Phi) is 34.1. The van der Waals surface area contributed by atoms with E-state index in [-0.39, 0.29) is 25.2 Å². The van der Waals surface area contributed by atoms with Crippen LogP contribution in [0.1, 0.15) is 181 Å². The third-order valence-corrected chi connectivity index (χ3v) is 7.91. The Morgan fingerprint density at radius 3 is 1.41 bits per heavy atom. The van der Waals surface area contributed by atoms with Crippen LogP contribution in [0, 0.1) is 0 Å². The van der Waals surface area contributed by atoms with E-state index in [4.69, 9.17) is 9.47 Å². The second-order valence-electron chi connectivity index (χ2n) is 12.3. The molecule has 1 N–H and O–H groups in total. The van der Waals surface area contributed by atoms with Crippen molar-refractivity contribution in [2.24, 2.45) is 0 Å². The molecule has 0 aliphatic rings. The summed E-state index contributed by atoms with van der Waals surface area (Å²) < 4.78 is 10.6. The summed E-state index contributed by atoms with van der Waals surface area (Å²) in [6.07, 6.45) is 41.9. The van der Waals surface area contributed by atoms with Crippen molar-refractivity contribution in [3.8, 4) is 0 Å². The lowest BCUT2D eigenvalue weighted by molar-refractivity contribution is -0.161. The Morgan fingerprint density at radius 1 is 0.523 bits per heavy atom. The Hall–Kier alpha value is -1.88. The number of aliphatic hydroxyl groups is 1. The molecule has 1 atom stereocenters. The monoisotopic (exact) mass is 619 g/mol. The molecule has 0 fully saturated rings. The molecule has 0 rings (SSSR count). The molecule has 0 radical (unpaired) electrons. The molecule has 0 bridgehead atoms. The minimum absolute atomic E-state index is 0.0757. The maximum atomic E-state index is 12.1. The third kappa shape index (κ3) is 33.0. The Labute approximate surface area is 272 Å². The number of unbranched alkanes of at least 4 members (excludes halogenated alkanes) is 19. The maximum Gasteiger partial charge on any atom is 0.306 e. The number of rotatable bonds is 33. The molecule has 0 unspecified atom stereocenters. The van der Waals surface area contributed by atoms with E-state index in [9.17, 15) is 14.7 Å². The summed E-state index contributed by atoms with van der Waals surface area (Å²) in [6.45, 7) is 4.08. The van der Waals surface area contributed by atoms with E-state index in [0.717, 1.165) is 57.8 Å². The molecule has 0 aromatic rings. The fourth-order valence-corrected chi connectivity index (χ4v) is 5.05. The fraction of sp³-hybridized carbons (Fsp3) is 0.795. The number of hydrogen-bond acceptors (Lipinski definition) is 5. The van der Waals surface area contributed by atoms with Gasteiger partial charge in [0.25, 0.3) is 0 Å². The van der Waals surface area contributed by atoms with Crippen LogP contribution < -0.4 is 0 Å². The normalized spacial score (nSPS) is 12.5. The standard InChI is InChI=1S/C39H70O5/c1-3-5-7-9-11-13-15-17-19-21-23-25-27-29-31-33-38(41)43-36-37(35-40)44-39(42)34-32-30-28-26-24-22-20-18-16-14-12-10-8-6-4-2/h11,13,17-20,37,40H,3-10,12,14-16,21-36H2,1-2H3/b13-11+,19-17+,20-18+/t37-/m0/s1. The molecule has 0 amide bonds. The van der Waals surface area contributed by atoms with E-state index in [2.05, 4.69) is 50.3 Å². The van der Waals surface area contributed by atoms with Gasteiger partial charge in [-0.25, -0.2) is 0 Å². The minimum atomic E-state index is -0.779. The van der Waals surface area contributed by atoms with E-state index in [0.29, 0.717) is 12.8 Å². The first-order chi connectivity index (χ1) is 21.6. The summed E-state index contributed by atoms with van der Waals surface area (Å²) in [5.74, 6) is -0.617. The van der Waals surface area contributed by atoms with E-state index in [1.807, 2.05) is 0 Å². The number of carbonyl (C=O) groups is 2. The highest BCUT2D eigenvalue weighted by Crippen LogP contribution is 2.12. The first-order valence-electron chi connectivity index (χ1n) is 18.5. The van der Waals surface area contributed by atoms with Gasteiger partial charge in [0.2, 0.25) is 0 Å². The van der Waals surface area contributed by atoms with Crippen molar-refractivity contribution in [2.75, 3.05) is 13.2 Å². The molecule has 256 valence electrons. The van der Waals surface area contributed by atoms with E-state index < -0.39 is 6.10 Å². The highest BCUT2D eigenvalue weighted by atomic mass is 16.6. The van der Waals surface area contributed by atoms with Gasteiger partial charge in [0.15, 0.2) is 6.10 Å². The van der Waals surface area contributed by atoms with Crippen LogP contribution in [0.4, 0.5) is 0 Å². The Bertz CT molecular complexity index is 711. The largest absolute Gasteiger partial charge is 0.462 e. The molecular weight excluding hydrogens is 548 g/mol. The number of carbonyl (C=O) groups excluding carboxylic acids is 2. The molecule has 0 heterocycles. The smallest absolute Gasteiger partial charge is 0.306 e. The lowest BCUT2D eigenvalue weighted by atomic mass is 10.1. The SMILES string of the molecule is CCCCC/C=C/C/C=C/CCCCCCCC(=O)OC[C@H](CO)OC(=O)CCCCCCC/C=C/CCCCCCCC. The number of esters is 2. The van der Waals surface area contributed by atoms with E-state index in [1.54, 1.807) is 0 Å². The van der Waals surface area contributed by atoms with Gasteiger partial charge in [0.1, 0.15) is 6.61 Å². The summed E-state index contributed by atoms with van der Waals surface area (Å²) in [5, 5.41) is 9.53. The zero-order valence-electron chi connectivity index (χ0n) is 28.9. The quantitative estimate of drug-likeness (QED) is 0.0450. The topological polar surface area (TPSA) is 72.8 Å². The molecule has 0 aromatic carbocycles. The number of aliphatic hydroxyl groups excluding tert-OH is 1. The molecule has 0 aromatic heterocycles. The van der Waals surface area contributed by atoms with Gasteiger partial charge in [-0.15, -0.1) is 0 Å². The van der Waals surface area contributed by atoms with Crippen molar-refractivity contribution in [1.29, 1.82) is 0 Å². The van der Waals surface area contributed by atoms with Crippen molar-refractivity contribution >= 4 is 11.9 Å². The zero-order valence-corrected chi connectivity index (χ0v) is 28.9. The average Bonchev–Trinajstić information content (AvgIpc) is 3.02. The van der Waals surface area contributed by atoms with Crippen molar-refractivity contribution in [3.63, 3.8) is 0 Å². The molecule has 0 aliphatic carbocycles. The van der Waals surface area contributed by atoms with Crippen molar-refractivity contribution in [3.05, 3.63) is 36.5 Å². The molecule has 5 heteroatoms. The molecular formula is C39H70O5. The zero-order chi connectivity index (χ0) is 32.2. The van der Waals surface area contributed by atoms with Crippen LogP contribution in [0.25, 0.3) is 0 Å². The number of hydrogen-bond donors (Lipinski definition) is 1. The Balaban J connectivity index is 3.61. The van der Waals surface area contributed by atoms with Crippen molar-refractivity contribution in [2.45, 2.75) is 187 Å². The third-order valence-electron chi connectivity index (χ3n) is 7.91. The predicted octanol–water partition coefficient (Wildman–Crippen LogP) is 11.3. The summed E-state index contributed by atoms with van der Waals surface area (Å²) in [4.78, 5) is 24.2. The van der Waals surface area contributed by atoms with Crippen LogP contribution in [0.3, 0.4) is 0 Å². The molecule has 0 spiro atoms. The van der Waals surface area contributed by atoms with Gasteiger partial charge in [0, 0.05) is 12.8 Å². The molecule has 0 aliphatic heterocycles. The van der Waals surface area contributed by atoms with Crippen LogP contribution in [-0.4, -0.2) is 36.4 Å². The summed E-state index contributed by atoms with van der Waals surface area (Å²) in [7, 11) is 0. The molecule has 0 saturated carbocycles. The van der Waals surface area contributed by atoms with Gasteiger partial charge in [-0.3, -0.25) is 9.59 Å². The number of ether oxygens (including phenoxy) is 2. The average molecular weight is 619 g/mol. The van der Waals surface area contributed by atoms with Crippen molar-refractivity contribution < 1.29 is 24.2 Å². The van der Waals surface area contributed by atoms with Crippen LogP contribution in [-0.2, 0) is 19.1 Å². The van der Waals surface area contributed by atoms with Gasteiger partial charge in [-0.1, -0.05) is 134 Å². The highest BCUT2D eigenvalue weighted by Gasteiger charge is 2.16. The van der Waals surface area contributed by atoms with E-state index >= 15 is 0 Å². The summed E-state index contributed by atoms with van der Waals surface area (Å²) in [6, 6.07) is 0. The highest BCUT2D eigenvalue weighted by molar-refractivity contribution is 5.70. The van der Waals surface area contributed by atoms with Crippen molar-refractivity contribution in [1.82, 2.24) is 0 Å². The van der Waals surface area contributed by atoms with Crippen LogP contribution in [0.5, 0.6) is 0 Å². The van der Waals surface area contributed by atoms with Crippen LogP contribution in [0.2, 0.25) is 0 Å². The number of allylic oxidation sites excluding steroid dienone is 6. The Morgan fingerprint density at radius 2 is 0.909 bits per heavy atom. The second kappa shape index (κ2) is 35.6. The molecule has 0 saturated heterocycles. The predicted molar refractivity (Wildman–Crippen MR) is 187 cm³/mol. The van der Waals surface area contributed by atoms with E-state index in [1.165, 1.54) is 96.3 Å².